The highest BCUT2D eigenvalue weighted by atomic mass is 32.2. The average molecular weight is 225 g/mol. The molecule has 82 valence electrons. The molecule has 0 aliphatic heterocycles. The first-order chi connectivity index (χ1) is 7.24. The minimum Gasteiger partial charge on any atom is -0.213 e. The lowest BCUT2D eigenvalue weighted by molar-refractivity contribution is 0.394. The highest BCUT2D eigenvalue weighted by Gasteiger charge is 2.20. The highest BCUT2D eigenvalue weighted by Crippen LogP contribution is 2.35. The Morgan fingerprint density at radius 2 is 2.27 bits per heavy atom. The fraction of sp³-hybridized carbons (Fsp3) is 0.583. The Balaban J connectivity index is 1.96. The minimum absolute atomic E-state index is 0.371. The van der Waals surface area contributed by atoms with E-state index < -0.39 is 0 Å². The van der Waals surface area contributed by atoms with Gasteiger partial charge in [0, 0.05) is 5.25 Å². The number of nitrogens with zero attached hydrogens (tertiary/aromatic N) is 1. The van der Waals surface area contributed by atoms with Crippen LogP contribution < -0.4 is 0 Å². The van der Waals surface area contributed by atoms with Crippen molar-refractivity contribution in [3.8, 4) is 0 Å². The maximum absolute atomic E-state index is 12.9. The molecule has 1 heterocycles. The van der Waals surface area contributed by atoms with Crippen LogP contribution in [0.15, 0.2) is 23.2 Å². The Kier molecular flexibility index (Phi) is 3.62. The molecule has 2 rings (SSSR count). The molecule has 15 heavy (non-hydrogen) atoms. The molecule has 1 saturated carbocycles. The van der Waals surface area contributed by atoms with E-state index in [-0.39, 0.29) is 5.95 Å². The maximum atomic E-state index is 12.9. The van der Waals surface area contributed by atoms with Crippen LogP contribution in [0.2, 0.25) is 0 Å². The summed E-state index contributed by atoms with van der Waals surface area (Å²) in [6.45, 7) is 2.30. The van der Waals surface area contributed by atoms with Gasteiger partial charge in [-0.2, -0.15) is 4.39 Å². The van der Waals surface area contributed by atoms with Crippen molar-refractivity contribution >= 4 is 11.8 Å². The van der Waals surface area contributed by atoms with Gasteiger partial charge in [-0.15, -0.1) is 11.8 Å². The Hall–Kier alpha value is -0.570. The third-order valence-electron chi connectivity index (χ3n) is 2.87. The van der Waals surface area contributed by atoms with Crippen molar-refractivity contribution < 1.29 is 4.39 Å². The van der Waals surface area contributed by atoms with Crippen LogP contribution in [0.25, 0.3) is 0 Å². The number of halogens is 1. The first kappa shape index (κ1) is 10.9. The Morgan fingerprint density at radius 1 is 1.40 bits per heavy atom. The molecule has 2 atom stereocenters. The lowest BCUT2D eigenvalue weighted by Gasteiger charge is -2.25. The van der Waals surface area contributed by atoms with Gasteiger partial charge in [0.25, 0.3) is 0 Å². The minimum atomic E-state index is -0.371. The predicted molar refractivity (Wildman–Crippen MR) is 61.5 cm³/mol. The van der Waals surface area contributed by atoms with E-state index in [0.717, 1.165) is 10.9 Å². The van der Waals surface area contributed by atoms with Gasteiger partial charge in [-0.05, 0) is 30.9 Å². The molecule has 1 aromatic rings. The second-order valence-corrected chi connectivity index (χ2v) is 5.63. The summed E-state index contributed by atoms with van der Waals surface area (Å²) in [6.07, 6.45) is 5.12. The summed E-state index contributed by atoms with van der Waals surface area (Å²) in [4.78, 5) is 3.89. The van der Waals surface area contributed by atoms with Crippen molar-refractivity contribution in [3.63, 3.8) is 0 Å². The van der Waals surface area contributed by atoms with Crippen LogP contribution >= 0.6 is 11.8 Å². The van der Waals surface area contributed by atoms with Crippen LogP contribution in [-0.4, -0.2) is 10.2 Å². The van der Waals surface area contributed by atoms with Gasteiger partial charge in [0.15, 0.2) is 0 Å². The zero-order valence-electron chi connectivity index (χ0n) is 8.95. The predicted octanol–water partition coefficient (Wildman–Crippen LogP) is 3.89. The number of rotatable bonds is 2. The van der Waals surface area contributed by atoms with Gasteiger partial charge in [0.05, 0.1) is 5.03 Å². The van der Waals surface area contributed by atoms with Crippen LogP contribution in [0.1, 0.15) is 32.6 Å². The molecule has 0 aromatic carbocycles. The largest absolute Gasteiger partial charge is 0.213 e. The summed E-state index contributed by atoms with van der Waals surface area (Å²) in [5, 5.41) is 1.46. The number of hydrogen-bond acceptors (Lipinski definition) is 2. The molecule has 2 unspecified atom stereocenters. The summed E-state index contributed by atoms with van der Waals surface area (Å²) in [5.41, 5.74) is 0. The highest BCUT2D eigenvalue weighted by molar-refractivity contribution is 7.99. The molecular formula is C12H16FNS. The van der Waals surface area contributed by atoms with Crippen LogP contribution in [-0.2, 0) is 0 Å². The van der Waals surface area contributed by atoms with Crippen molar-refractivity contribution in [1.82, 2.24) is 4.98 Å². The molecule has 1 aliphatic carbocycles. The van der Waals surface area contributed by atoms with Crippen molar-refractivity contribution in [2.45, 2.75) is 42.9 Å². The third-order valence-corrected chi connectivity index (χ3v) is 4.10. The van der Waals surface area contributed by atoms with Gasteiger partial charge in [-0.3, -0.25) is 0 Å². The topological polar surface area (TPSA) is 12.9 Å². The van der Waals surface area contributed by atoms with Gasteiger partial charge >= 0.3 is 0 Å². The molecule has 0 amide bonds. The van der Waals surface area contributed by atoms with E-state index in [2.05, 4.69) is 11.9 Å². The van der Waals surface area contributed by atoms with Crippen molar-refractivity contribution in [3.05, 3.63) is 24.1 Å². The van der Waals surface area contributed by atoms with Crippen molar-refractivity contribution in [2.75, 3.05) is 0 Å². The first-order valence-corrected chi connectivity index (χ1v) is 6.41. The van der Waals surface area contributed by atoms with Crippen LogP contribution in [0, 0.1) is 11.9 Å². The molecule has 1 aliphatic rings. The zero-order valence-corrected chi connectivity index (χ0v) is 9.77. The maximum Gasteiger partial charge on any atom is 0.213 e. The third kappa shape index (κ3) is 3.20. The van der Waals surface area contributed by atoms with E-state index in [1.54, 1.807) is 17.8 Å². The molecule has 1 fully saturated rings. The summed E-state index contributed by atoms with van der Waals surface area (Å²) in [5.74, 6) is 0.439. The van der Waals surface area contributed by atoms with Crippen LogP contribution in [0.5, 0.6) is 0 Å². The van der Waals surface area contributed by atoms with Gasteiger partial charge < -0.3 is 0 Å². The van der Waals surface area contributed by atoms with E-state index in [9.17, 15) is 4.39 Å². The molecule has 0 bridgehead atoms. The molecule has 0 saturated heterocycles. The summed E-state index contributed by atoms with van der Waals surface area (Å²) in [6, 6.07) is 5.03. The van der Waals surface area contributed by atoms with Gasteiger partial charge in [0.2, 0.25) is 5.95 Å². The number of hydrogen-bond donors (Lipinski definition) is 0. The molecule has 1 aromatic heterocycles. The van der Waals surface area contributed by atoms with Crippen LogP contribution in [0.4, 0.5) is 4.39 Å². The lowest BCUT2D eigenvalue weighted by atomic mass is 9.91. The first-order valence-electron chi connectivity index (χ1n) is 5.53. The molecule has 0 radical (unpaired) electrons. The van der Waals surface area contributed by atoms with Crippen LogP contribution in [0.3, 0.4) is 0 Å². The average Bonchev–Trinajstić information content (AvgIpc) is 2.17. The second kappa shape index (κ2) is 4.97. The normalized spacial score (nSPS) is 26.5. The quantitative estimate of drug-likeness (QED) is 0.708. The van der Waals surface area contributed by atoms with Gasteiger partial charge in [-0.25, -0.2) is 4.98 Å². The van der Waals surface area contributed by atoms with E-state index in [4.69, 9.17) is 0 Å². The van der Waals surface area contributed by atoms with Gasteiger partial charge in [0.1, 0.15) is 0 Å². The zero-order chi connectivity index (χ0) is 10.7. The fourth-order valence-electron chi connectivity index (χ4n) is 2.11. The van der Waals surface area contributed by atoms with E-state index >= 15 is 0 Å². The molecule has 0 N–H and O–H groups in total. The molecular weight excluding hydrogens is 209 g/mol. The summed E-state index contributed by atoms with van der Waals surface area (Å²) >= 11 is 1.73. The monoisotopic (exact) mass is 225 g/mol. The Morgan fingerprint density at radius 3 is 3.00 bits per heavy atom. The van der Waals surface area contributed by atoms with E-state index in [1.165, 1.54) is 31.7 Å². The Bertz CT molecular complexity index is 329. The lowest BCUT2D eigenvalue weighted by Crippen LogP contribution is -2.15. The SMILES string of the molecule is CC1CCCC(Sc2cccc(F)n2)C1. The smallest absolute Gasteiger partial charge is 0.213 e. The second-order valence-electron chi connectivity index (χ2n) is 4.31. The molecule has 1 nitrogen and oxygen atoms in total. The van der Waals surface area contributed by atoms with E-state index in [0.29, 0.717) is 5.25 Å². The standard InChI is InChI=1S/C12H16FNS/c1-9-4-2-5-10(8-9)15-12-7-3-6-11(13)14-12/h3,6-7,9-10H,2,4-5,8H2,1H3. The summed E-state index contributed by atoms with van der Waals surface area (Å²) in [7, 11) is 0. The van der Waals surface area contributed by atoms with Crippen molar-refractivity contribution in [1.29, 1.82) is 0 Å². The van der Waals surface area contributed by atoms with Gasteiger partial charge in [-0.1, -0.05) is 25.8 Å². The van der Waals surface area contributed by atoms with Crippen molar-refractivity contribution in [2.24, 2.45) is 5.92 Å². The Labute approximate surface area is 94.5 Å². The number of thioether (sulfide) groups is 1. The van der Waals surface area contributed by atoms with E-state index in [1.807, 2.05) is 6.07 Å². The molecule has 0 spiro atoms. The summed E-state index contributed by atoms with van der Waals surface area (Å²) < 4.78 is 12.9. The number of aromatic nitrogens is 1. The fourth-order valence-corrected chi connectivity index (χ4v) is 3.46. The number of pyridine rings is 1. The molecule has 3 heteroatoms.